The average molecular weight is 345 g/mol. The largest absolute Gasteiger partial charge is 0.402 e. The second-order valence-electron chi connectivity index (χ2n) is 8.43. The van der Waals surface area contributed by atoms with Crippen molar-refractivity contribution in [2.75, 3.05) is 0 Å². The highest BCUT2D eigenvalue weighted by molar-refractivity contribution is 5.57. The minimum absolute atomic E-state index is 0.184. The van der Waals surface area contributed by atoms with E-state index >= 15 is 0 Å². The highest BCUT2D eigenvalue weighted by Crippen LogP contribution is 2.52. The number of allylic oxidation sites excluding steroid dienone is 13. The number of nitrogens with two attached hydrogens (primary N) is 2. The lowest BCUT2D eigenvalue weighted by molar-refractivity contribution is 0.315. The minimum atomic E-state index is 0.184. The molecule has 0 saturated heterocycles. The summed E-state index contributed by atoms with van der Waals surface area (Å²) in [5, 5.41) is 0. The number of rotatable bonds is 1. The molecule has 0 bridgehead atoms. The lowest BCUT2D eigenvalue weighted by Crippen LogP contribution is -2.41. The monoisotopic (exact) mass is 344 g/mol. The first-order valence-electron chi connectivity index (χ1n) is 10.1. The van der Waals surface area contributed by atoms with E-state index < -0.39 is 0 Å². The van der Waals surface area contributed by atoms with Gasteiger partial charge in [-0.2, -0.15) is 0 Å². The molecule has 0 fully saturated rings. The van der Waals surface area contributed by atoms with E-state index in [2.05, 4.69) is 54.7 Å². The van der Waals surface area contributed by atoms with Crippen LogP contribution in [0.25, 0.3) is 0 Å². The molecule has 5 aliphatic rings. The van der Waals surface area contributed by atoms with Gasteiger partial charge in [-0.1, -0.05) is 48.6 Å². The summed E-state index contributed by atoms with van der Waals surface area (Å²) in [6, 6.07) is 0.184. The Bertz CT molecular complexity index is 830. The number of hydrogen-bond donors (Lipinski definition) is 2. The number of fused-ring (bicyclic) bond motifs is 4. The molecule has 0 aliphatic heterocycles. The van der Waals surface area contributed by atoms with E-state index in [0.29, 0.717) is 23.7 Å². The molecule has 0 amide bonds. The predicted octanol–water partition coefficient (Wildman–Crippen LogP) is 4.46. The van der Waals surface area contributed by atoms with Crippen molar-refractivity contribution in [2.45, 2.75) is 38.1 Å². The van der Waals surface area contributed by atoms with Gasteiger partial charge < -0.3 is 11.5 Å². The van der Waals surface area contributed by atoms with Gasteiger partial charge in [0.2, 0.25) is 0 Å². The first-order valence-corrected chi connectivity index (χ1v) is 10.1. The van der Waals surface area contributed by atoms with Gasteiger partial charge in [-0.15, -0.1) is 0 Å². The lowest BCUT2D eigenvalue weighted by Gasteiger charge is -2.45. The Balaban J connectivity index is 1.58. The van der Waals surface area contributed by atoms with Gasteiger partial charge in [0, 0.05) is 23.6 Å². The van der Waals surface area contributed by atoms with Crippen LogP contribution in [0.4, 0.5) is 0 Å². The first kappa shape index (κ1) is 16.1. The predicted molar refractivity (Wildman–Crippen MR) is 108 cm³/mol. The summed E-state index contributed by atoms with van der Waals surface area (Å²) in [5.41, 5.74) is 20.2. The fourth-order valence-corrected chi connectivity index (χ4v) is 5.76. The highest BCUT2D eigenvalue weighted by atomic mass is 14.7. The summed E-state index contributed by atoms with van der Waals surface area (Å²) >= 11 is 0. The fourth-order valence-electron chi connectivity index (χ4n) is 5.76. The summed E-state index contributed by atoms with van der Waals surface area (Å²) in [7, 11) is 0. The maximum atomic E-state index is 6.82. The SMILES string of the molecule is NC1=CC2=C(CC1)C1=C(C(N)CC(C3C=CC=CC3)C1)C1C=CC=CC21. The van der Waals surface area contributed by atoms with Crippen molar-refractivity contribution in [1.29, 1.82) is 0 Å². The molecule has 4 N–H and O–H groups in total. The summed E-state index contributed by atoms with van der Waals surface area (Å²) < 4.78 is 0. The van der Waals surface area contributed by atoms with Crippen LogP contribution in [0.3, 0.4) is 0 Å². The molecular formula is C24H28N2. The molecule has 5 atom stereocenters. The first-order chi connectivity index (χ1) is 12.7. The van der Waals surface area contributed by atoms with Gasteiger partial charge in [0.15, 0.2) is 0 Å². The molecule has 5 rings (SSSR count). The Morgan fingerprint density at radius 2 is 1.69 bits per heavy atom. The Labute approximate surface area is 156 Å². The van der Waals surface area contributed by atoms with E-state index in [-0.39, 0.29) is 6.04 Å². The minimum Gasteiger partial charge on any atom is -0.402 e. The van der Waals surface area contributed by atoms with Gasteiger partial charge >= 0.3 is 0 Å². The van der Waals surface area contributed by atoms with Crippen LogP contribution in [0.5, 0.6) is 0 Å². The van der Waals surface area contributed by atoms with E-state index in [1.165, 1.54) is 17.6 Å². The average Bonchev–Trinajstić information content (AvgIpc) is 2.68. The number of hydrogen-bond acceptors (Lipinski definition) is 2. The third-order valence-corrected chi connectivity index (χ3v) is 6.96. The topological polar surface area (TPSA) is 52.0 Å². The molecule has 0 aromatic rings. The van der Waals surface area contributed by atoms with Crippen LogP contribution in [0.15, 0.2) is 82.7 Å². The fraction of sp³-hybridized carbons (Fsp3) is 0.417. The van der Waals surface area contributed by atoms with Crippen LogP contribution in [0.2, 0.25) is 0 Å². The van der Waals surface area contributed by atoms with Crippen molar-refractivity contribution in [3.63, 3.8) is 0 Å². The molecule has 26 heavy (non-hydrogen) atoms. The van der Waals surface area contributed by atoms with Crippen molar-refractivity contribution in [1.82, 2.24) is 0 Å². The summed E-state index contributed by atoms with van der Waals surface area (Å²) in [6.45, 7) is 0. The van der Waals surface area contributed by atoms with Crippen LogP contribution in [0.1, 0.15) is 32.1 Å². The van der Waals surface area contributed by atoms with Gasteiger partial charge in [0.25, 0.3) is 0 Å². The molecule has 5 unspecified atom stereocenters. The van der Waals surface area contributed by atoms with Gasteiger partial charge in [0.1, 0.15) is 0 Å². The van der Waals surface area contributed by atoms with Gasteiger partial charge in [0.05, 0.1) is 0 Å². The molecule has 0 aromatic carbocycles. The zero-order valence-corrected chi connectivity index (χ0v) is 15.3. The molecule has 0 spiro atoms. The van der Waals surface area contributed by atoms with Crippen LogP contribution < -0.4 is 11.5 Å². The maximum Gasteiger partial charge on any atom is 0.0268 e. The third kappa shape index (κ3) is 2.51. The third-order valence-electron chi connectivity index (χ3n) is 6.96. The Hall–Kier alpha value is -2.06. The Morgan fingerprint density at radius 1 is 0.885 bits per heavy atom. The van der Waals surface area contributed by atoms with Crippen molar-refractivity contribution >= 4 is 0 Å². The molecule has 0 aromatic heterocycles. The summed E-state index contributed by atoms with van der Waals surface area (Å²) in [6.07, 6.45) is 26.0. The Kier molecular flexibility index (Phi) is 3.90. The van der Waals surface area contributed by atoms with E-state index in [9.17, 15) is 0 Å². The molecule has 0 saturated carbocycles. The summed E-state index contributed by atoms with van der Waals surface area (Å²) in [4.78, 5) is 0. The second-order valence-corrected chi connectivity index (χ2v) is 8.43. The molecule has 0 radical (unpaired) electrons. The van der Waals surface area contributed by atoms with E-state index in [0.717, 1.165) is 31.4 Å². The second kappa shape index (κ2) is 6.28. The molecule has 2 nitrogen and oxygen atoms in total. The molecular weight excluding hydrogens is 316 g/mol. The van der Waals surface area contributed by atoms with Crippen LogP contribution in [-0.4, -0.2) is 6.04 Å². The molecule has 5 aliphatic carbocycles. The van der Waals surface area contributed by atoms with Crippen molar-refractivity contribution in [3.05, 3.63) is 82.7 Å². The van der Waals surface area contributed by atoms with Crippen molar-refractivity contribution < 1.29 is 0 Å². The zero-order chi connectivity index (χ0) is 17.7. The van der Waals surface area contributed by atoms with E-state index in [1.54, 1.807) is 11.1 Å². The van der Waals surface area contributed by atoms with E-state index in [1.807, 2.05) is 0 Å². The van der Waals surface area contributed by atoms with E-state index in [4.69, 9.17) is 11.5 Å². The highest BCUT2D eigenvalue weighted by Gasteiger charge is 2.42. The molecule has 134 valence electrons. The van der Waals surface area contributed by atoms with Crippen LogP contribution in [0, 0.1) is 23.7 Å². The lowest BCUT2D eigenvalue weighted by atomic mass is 9.60. The van der Waals surface area contributed by atoms with Crippen molar-refractivity contribution in [2.24, 2.45) is 35.1 Å². The normalized spacial score (nSPS) is 38.0. The Morgan fingerprint density at radius 3 is 2.50 bits per heavy atom. The van der Waals surface area contributed by atoms with Crippen LogP contribution in [-0.2, 0) is 0 Å². The van der Waals surface area contributed by atoms with Gasteiger partial charge in [-0.05, 0) is 72.3 Å². The quantitative estimate of drug-likeness (QED) is 0.738. The van der Waals surface area contributed by atoms with Gasteiger partial charge in [-0.3, -0.25) is 0 Å². The molecule has 0 heterocycles. The standard InChI is InChI=1S/C24H28N2/c25-17-10-11-19-21(14-17)18-8-4-5-9-20(18)24-22(19)12-16(13-23(24)26)15-6-2-1-3-7-15/h1-6,8-9,14-16,18,20,23H,7,10-13,25-26H2. The van der Waals surface area contributed by atoms with Crippen molar-refractivity contribution in [3.8, 4) is 0 Å². The molecule has 2 heteroatoms. The summed E-state index contributed by atoms with van der Waals surface area (Å²) in [5.74, 6) is 2.14. The zero-order valence-electron chi connectivity index (χ0n) is 15.3. The smallest absolute Gasteiger partial charge is 0.0268 e. The maximum absolute atomic E-state index is 6.82. The van der Waals surface area contributed by atoms with Gasteiger partial charge in [-0.25, -0.2) is 0 Å². The van der Waals surface area contributed by atoms with Crippen LogP contribution >= 0.6 is 0 Å².